The summed E-state index contributed by atoms with van der Waals surface area (Å²) in [5, 5.41) is -0.212. The summed E-state index contributed by atoms with van der Waals surface area (Å²) in [7, 11) is -3.95. The molecule has 1 aliphatic heterocycles. The third-order valence-electron chi connectivity index (χ3n) is 3.85. The first kappa shape index (κ1) is 17.9. The van der Waals surface area contributed by atoms with Gasteiger partial charge in [0.25, 0.3) is 10.0 Å². The van der Waals surface area contributed by atoms with Gasteiger partial charge in [0.1, 0.15) is 5.75 Å². The largest absolute Gasteiger partial charge is 0.433 e. The Morgan fingerprint density at radius 2 is 1.96 bits per heavy atom. The maximum atomic E-state index is 13.0. The van der Waals surface area contributed by atoms with Crippen LogP contribution in [-0.2, 0) is 16.4 Å². The van der Waals surface area contributed by atoms with E-state index in [-0.39, 0.29) is 28.3 Å². The van der Waals surface area contributed by atoms with E-state index in [0.29, 0.717) is 12.1 Å². The second-order valence-electron chi connectivity index (χ2n) is 5.60. The summed E-state index contributed by atoms with van der Waals surface area (Å²) in [6, 6.07) is 10.1. The number of para-hydroxylation sites is 1. The lowest BCUT2D eigenvalue weighted by atomic mass is 10.0. The van der Waals surface area contributed by atoms with E-state index in [9.17, 15) is 17.2 Å². The zero-order valence-electron chi connectivity index (χ0n) is 12.9. The molecule has 2 N–H and O–H groups in total. The summed E-state index contributed by atoms with van der Waals surface area (Å²) in [6.07, 6.45) is 0.574. The zero-order valence-corrected chi connectivity index (χ0v) is 14.5. The summed E-state index contributed by atoms with van der Waals surface area (Å²) >= 11 is 5.88. The number of nitrogens with zero attached hydrogens (tertiary/aromatic N) is 1. The van der Waals surface area contributed by atoms with Crippen LogP contribution in [0.2, 0.25) is 5.02 Å². The minimum absolute atomic E-state index is 0.117. The van der Waals surface area contributed by atoms with Gasteiger partial charge in [-0.2, -0.15) is 8.78 Å². The molecule has 5 nitrogen and oxygen atoms in total. The van der Waals surface area contributed by atoms with Crippen molar-refractivity contribution < 1.29 is 21.9 Å². The van der Waals surface area contributed by atoms with Crippen LogP contribution in [0, 0.1) is 0 Å². The SMILES string of the molecule is NC1Cc2ccccc2N(S(=O)(=O)c2ccc(OC(F)F)c(Cl)c2)C1. The Bertz CT molecular complexity index is 893. The van der Waals surface area contributed by atoms with Gasteiger partial charge in [0, 0.05) is 12.6 Å². The highest BCUT2D eigenvalue weighted by Crippen LogP contribution is 2.34. The number of fused-ring (bicyclic) bond motifs is 1. The van der Waals surface area contributed by atoms with E-state index in [0.717, 1.165) is 17.7 Å². The minimum atomic E-state index is -3.95. The molecule has 0 radical (unpaired) electrons. The molecule has 0 aliphatic carbocycles. The summed E-state index contributed by atoms with van der Waals surface area (Å²) < 4.78 is 56.1. The molecule has 1 heterocycles. The molecule has 2 aromatic carbocycles. The van der Waals surface area contributed by atoms with Gasteiger partial charge < -0.3 is 10.5 Å². The maximum absolute atomic E-state index is 13.0. The molecule has 2 aromatic rings. The van der Waals surface area contributed by atoms with E-state index < -0.39 is 16.6 Å². The fraction of sp³-hybridized carbons (Fsp3) is 0.250. The van der Waals surface area contributed by atoms with Gasteiger partial charge in [-0.1, -0.05) is 29.8 Å². The highest BCUT2D eigenvalue weighted by Gasteiger charge is 2.32. The lowest BCUT2D eigenvalue weighted by Crippen LogP contribution is -2.46. The van der Waals surface area contributed by atoms with Crippen LogP contribution >= 0.6 is 11.6 Å². The Hall–Kier alpha value is -1.90. The van der Waals surface area contributed by atoms with Crippen molar-refractivity contribution in [1.82, 2.24) is 0 Å². The van der Waals surface area contributed by atoms with E-state index in [2.05, 4.69) is 4.74 Å². The van der Waals surface area contributed by atoms with Crippen LogP contribution in [0.4, 0.5) is 14.5 Å². The molecule has 9 heteroatoms. The predicted molar refractivity (Wildman–Crippen MR) is 90.7 cm³/mol. The molecule has 0 saturated carbocycles. The van der Waals surface area contributed by atoms with Gasteiger partial charge in [-0.3, -0.25) is 4.31 Å². The minimum Gasteiger partial charge on any atom is -0.433 e. The molecule has 25 heavy (non-hydrogen) atoms. The van der Waals surface area contributed by atoms with Crippen LogP contribution < -0.4 is 14.8 Å². The van der Waals surface area contributed by atoms with E-state index in [1.807, 2.05) is 12.1 Å². The van der Waals surface area contributed by atoms with Crippen molar-refractivity contribution in [3.05, 3.63) is 53.1 Å². The van der Waals surface area contributed by atoms with Crippen molar-refractivity contribution in [2.45, 2.75) is 24.0 Å². The van der Waals surface area contributed by atoms with Crippen LogP contribution in [0.1, 0.15) is 5.56 Å². The average molecular weight is 389 g/mol. The van der Waals surface area contributed by atoms with Gasteiger partial charge in [0.2, 0.25) is 0 Å². The average Bonchev–Trinajstić information content (AvgIpc) is 2.55. The van der Waals surface area contributed by atoms with Crippen LogP contribution in [0.15, 0.2) is 47.4 Å². The molecule has 0 fully saturated rings. The predicted octanol–water partition coefficient (Wildman–Crippen LogP) is 3.02. The summed E-state index contributed by atoms with van der Waals surface area (Å²) in [5.41, 5.74) is 7.36. The fourth-order valence-corrected chi connectivity index (χ4v) is 4.65. The van der Waals surface area contributed by atoms with E-state index >= 15 is 0 Å². The number of anilines is 1. The molecule has 1 atom stereocenters. The van der Waals surface area contributed by atoms with Crippen molar-refractivity contribution in [3.63, 3.8) is 0 Å². The third kappa shape index (κ3) is 3.56. The number of hydrogen-bond donors (Lipinski definition) is 1. The molecular weight excluding hydrogens is 374 g/mol. The number of alkyl halides is 2. The van der Waals surface area contributed by atoms with Crippen molar-refractivity contribution >= 4 is 27.3 Å². The topological polar surface area (TPSA) is 72.6 Å². The Kier molecular flexibility index (Phi) is 4.86. The number of rotatable bonds is 4. The first-order valence-electron chi connectivity index (χ1n) is 7.39. The number of nitrogens with two attached hydrogens (primary N) is 1. The Morgan fingerprint density at radius 1 is 1.24 bits per heavy atom. The molecule has 134 valence electrons. The molecule has 0 spiro atoms. The van der Waals surface area contributed by atoms with Gasteiger partial charge in [0.05, 0.1) is 15.6 Å². The van der Waals surface area contributed by atoms with Crippen molar-refractivity contribution in [2.75, 3.05) is 10.8 Å². The lowest BCUT2D eigenvalue weighted by Gasteiger charge is -2.33. The Labute approximate surface area is 149 Å². The second-order valence-corrected chi connectivity index (χ2v) is 7.87. The highest BCUT2D eigenvalue weighted by molar-refractivity contribution is 7.92. The van der Waals surface area contributed by atoms with Crippen LogP contribution in [0.5, 0.6) is 5.75 Å². The van der Waals surface area contributed by atoms with Crippen molar-refractivity contribution in [2.24, 2.45) is 5.73 Å². The zero-order chi connectivity index (χ0) is 18.2. The van der Waals surface area contributed by atoms with Gasteiger partial charge in [-0.05, 0) is 36.2 Å². The van der Waals surface area contributed by atoms with E-state index in [1.54, 1.807) is 12.1 Å². The molecule has 1 unspecified atom stereocenters. The molecule has 0 bridgehead atoms. The standard InChI is InChI=1S/C16H15ClF2N2O3S/c17-13-8-12(5-6-15(13)24-16(18)19)25(22,23)21-9-11(20)7-10-3-1-2-4-14(10)21/h1-6,8,11,16H,7,9,20H2. The highest BCUT2D eigenvalue weighted by atomic mass is 35.5. The maximum Gasteiger partial charge on any atom is 0.387 e. The number of ether oxygens (including phenoxy) is 1. The van der Waals surface area contributed by atoms with Crippen LogP contribution in [0.25, 0.3) is 0 Å². The molecular formula is C16H15ClF2N2O3S. The quantitative estimate of drug-likeness (QED) is 0.873. The molecule has 1 aliphatic rings. The molecule has 3 rings (SSSR count). The van der Waals surface area contributed by atoms with Gasteiger partial charge in [-0.15, -0.1) is 0 Å². The molecule has 0 saturated heterocycles. The van der Waals surface area contributed by atoms with Crippen molar-refractivity contribution in [3.8, 4) is 5.75 Å². The number of benzene rings is 2. The van der Waals surface area contributed by atoms with Gasteiger partial charge >= 0.3 is 6.61 Å². The summed E-state index contributed by atoms with van der Waals surface area (Å²) in [6.45, 7) is -2.93. The summed E-state index contributed by atoms with van der Waals surface area (Å²) in [4.78, 5) is -0.122. The first-order valence-corrected chi connectivity index (χ1v) is 9.21. The van der Waals surface area contributed by atoms with Crippen molar-refractivity contribution in [1.29, 1.82) is 0 Å². The van der Waals surface area contributed by atoms with E-state index in [1.165, 1.54) is 10.4 Å². The lowest BCUT2D eigenvalue weighted by molar-refractivity contribution is -0.0498. The van der Waals surface area contributed by atoms with Crippen LogP contribution in [-0.4, -0.2) is 27.6 Å². The molecule has 0 aromatic heterocycles. The number of hydrogen-bond acceptors (Lipinski definition) is 4. The van der Waals surface area contributed by atoms with Gasteiger partial charge in [0.15, 0.2) is 0 Å². The smallest absolute Gasteiger partial charge is 0.387 e. The molecule has 0 amide bonds. The number of sulfonamides is 1. The number of halogens is 3. The monoisotopic (exact) mass is 388 g/mol. The van der Waals surface area contributed by atoms with Gasteiger partial charge in [-0.25, -0.2) is 8.42 Å². The Balaban J connectivity index is 2.01. The summed E-state index contributed by atoms with van der Waals surface area (Å²) in [5.74, 6) is -0.286. The Morgan fingerprint density at radius 3 is 2.64 bits per heavy atom. The normalized spacial score (nSPS) is 17.5. The third-order valence-corrected chi connectivity index (χ3v) is 5.92. The fourth-order valence-electron chi connectivity index (χ4n) is 2.77. The van der Waals surface area contributed by atoms with E-state index in [4.69, 9.17) is 17.3 Å². The van der Waals surface area contributed by atoms with Crippen LogP contribution in [0.3, 0.4) is 0 Å². The second kappa shape index (κ2) is 6.78. The first-order chi connectivity index (χ1) is 11.8.